The molecule has 2 unspecified atom stereocenters. The van der Waals surface area contributed by atoms with E-state index in [-0.39, 0.29) is 0 Å². The molecule has 2 atom stereocenters. The Morgan fingerprint density at radius 1 is 0.586 bits per heavy atom. The minimum Gasteiger partial charge on any atom is -0.354 e. The predicted molar refractivity (Wildman–Crippen MR) is 127 cm³/mol. The van der Waals surface area contributed by atoms with Crippen LogP contribution in [-0.2, 0) is 0 Å². The van der Waals surface area contributed by atoms with Crippen molar-refractivity contribution >= 4 is 17.8 Å². The molecule has 0 saturated heterocycles. The Labute approximate surface area is 179 Å². The Kier molecular flexibility index (Phi) is 14.2. The second-order valence-corrected chi connectivity index (χ2v) is 8.18. The molecule has 0 aliphatic rings. The molecule has 1 heterocycles. The van der Waals surface area contributed by atoms with Crippen LogP contribution in [-0.4, -0.2) is 34.6 Å². The highest BCUT2D eigenvalue weighted by Gasteiger charge is 2.11. The van der Waals surface area contributed by atoms with Gasteiger partial charge in [0.1, 0.15) is 0 Å². The largest absolute Gasteiger partial charge is 0.354 e. The maximum absolute atomic E-state index is 4.65. The zero-order chi connectivity index (χ0) is 21.3. The molecule has 0 aliphatic heterocycles. The second-order valence-electron chi connectivity index (χ2n) is 8.18. The fraction of sp³-hybridized carbons (Fsp3) is 0.870. The van der Waals surface area contributed by atoms with E-state index in [0.29, 0.717) is 29.7 Å². The van der Waals surface area contributed by atoms with E-state index >= 15 is 0 Å². The number of aromatic nitrogens is 3. The van der Waals surface area contributed by atoms with Crippen LogP contribution in [0, 0.1) is 11.8 Å². The number of hydrogen-bond acceptors (Lipinski definition) is 6. The number of anilines is 3. The Hall–Kier alpha value is -1.59. The summed E-state index contributed by atoms with van der Waals surface area (Å²) < 4.78 is 0. The molecule has 0 aromatic carbocycles. The van der Waals surface area contributed by atoms with Crippen LogP contribution >= 0.6 is 0 Å². The highest BCUT2D eigenvalue weighted by Crippen LogP contribution is 2.17. The van der Waals surface area contributed by atoms with Crippen molar-refractivity contribution in [3.05, 3.63) is 0 Å². The average Bonchev–Trinajstić information content (AvgIpc) is 2.74. The third-order valence-corrected chi connectivity index (χ3v) is 5.63. The summed E-state index contributed by atoms with van der Waals surface area (Å²) in [6.07, 6.45) is 12.2. The van der Waals surface area contributed by atoms with Crippen molar-refractivity contribution in [2.75, 3.05) is 35.6 Å². The zero-order valence-electron chi connectivity index (χ0n) is 19.7. The van der Waals surface area contributed by atoms with Gasteiger partial charge < -0.3 is 16.0 Å². The Morgan fingerprint density at radius 2 is 1.00 bits per heavy atom. The Morgan fingerprint density at radius 3 is 1.38 bits per heavy atom. The lowest BCUT2D eigenvalue weighted by Crippen LogP contribution is -2.19. The fourth-order valence-electron chi connectivity index (χ4n) is 3.35. The van der Waals surface area contributed by atoms with Crippen molar-refractivity contribution in [2.45, 2.75) is 98.8 Å². The maximum atomic E-state index is 4.65. The molecule has 1 aromatic heterocycles. The second kappa shape index (κ2) is 16.2. The monoisotopic (exact) mass is 406 g/mol. The predicted octanol–water partition coefficient (Wildman–Crippen LogP) is 6.34. The molecule has 0 radical (unpaired) electrons. The van der Waals surface area contributed by atoms with Gasteiger partial charge in [-0.25, -0.2) is 0 Å². The molecule has 168 valence electrons. The summed E-state index contributed by atoms with van der Waals surface area (Å²) in [5.74, 6) is 3.36. The minimum atomic E-state index is 0.665. The Bertz CT molecular complexity index is 484. The SMILES string of the molecule is CCCCNc1nc(NCC(CC)CCCC)nc(NCC(CC)CCCC)n1. The molecule has 0 amide bonds. The van der Waals surface area contributed by atoms with E-state index in [9.17, 15) is 0 Å². The van der Waals surface area contributed by atoms with Gasteiger partial charge in [0.15, 0.2) is 0 Å². The average molecular weight is 407 g/mol. The van der Waals surface area contributed by atoms with Crippen LogP contribution in [0.2, 0.25) is 0 Å². The molecule has 1 rings (SSSR count). The van der Waals surface area contributed by atoms with E-state index in [1.807, 2.05) is 0 Å². The fourth-order valence-corrected chi connectivity index (χ4v) is 3.35. The first kappa shape index (κ1) is 25.4. The summed E-state index contributed by atoms with van der Waals surface area (Å²) >= 11 is 0. The molecule has 0 aliphatic carbocycles. The zero-order valence-corrected chi connectivity index (χ0v) is 19.7. The summed E-state index contributed by atoms with van der Waals surface area (Å²) in [6.45, 7) is 14.0. The third kappa shape index (κ3) is 11.2. The molecule has 3 N–H and O–H groups in total. The molecule has 1 aromatic rings. The van der Waals surface area contributed by atoms with Crippen LogP contribution in [0.1, 0.15) is 98.8 Å². The highest BCUT2D eigenvalue weighted by atomic mass is 15.3. The molecular formula is C23H46N6. The standard InChI is InChI=1S/C23H46N6/c1-6-11-14-19(9-4)17-25-22-27-21(24-16-13-8-3)28-23(29-22)26-18-20(10-5)15-12-7-2/h19-20H,6-18H2,1-5H3,(H3,24,25,26,27,28,29). The van der Waals surface area contributed by atoms with Crippen molar-refractivity contribution < 1.29 is 0 Å². The molecule has 6 heteroatoms. The van der Waals surface area contributed by atoms with Gasteiger partial charge in [-0.2, -0.15) is 15.0 Å². The van der Waals surface area contributed by atoms with Crippen molar-refractivity contribution in [2.24, 2.45) is 11.8 Å². The van der Waals surface area contributed by atoms with Gasteiger partial charge in [-0.3, -0.25) is 0 Å². The van der Waals surface area contributed by atoms with Crippen molar-refractivity contribution in [3.8, 4) is 0 Å². The number of nitrogens with zero attached hydrogens (tertiary/aromatic N) is 3. The van der Waals surface area contributed by atoms with E-state index in [1.54, 1.807) is 0 Å². The van der Waals surface area contributed by atoms with Gasteiger partial charge in [-0.1, -0.05) is 79.6 Å². The quantitative estimate of drug-likeness (QED) is 0.247. The first-order valence-corrected chi connectivity index (χ1v) is 12.1. The van der Waals surface area contributed by atoms with E-state index in [0.717, 1.165) is 32.5 Å². The van der Waals surface area contributed by atoms with Crippen LogP contribution < -0.4 is 16.0 Å². The summed E-state index contributed by atoms with van der Waals surface area (Å²) in [4.78, 5) is 13.9. The molecule has 29 heavy (non-hydrogen) atoms. The molecule has 0 fully saturated rings. The van der Waals surface area contributed by atoms with Crippen LogP contribution in [0.5, 0.6) is 0 Å². The third-order valence-electron chi connectivity index (χ3n) is 5.63. The van der Waals surface area contributed by atoms with Crippen LogP contribution in [0.25, 0.3) is 0 Å². The maximum Gasteiger partial charge on any atom is 0.229 e. The van der Waals surface area contributed by atoms with Crippen LogP contribution in [0.3, 0.4) is 0 Å². The van der Waals surface area contributed by atoms with E-state index in [2.05, 4.69) is 65.5 Å². The number of rotatable bonds is 18. The number of nitrogens with one attached hydrogen (secondary N) is 3. The number of unbranched alkanes of at least 4 members (excludes halogenated alkanes) is 3. The van der Waals surface area contributed by atoms with Gasteiger partial charge in [0.25, 0.3) is 0 Å². The van der Waals surface area contributed by atoms with Gasteiger partial charge in [0.2, 0.25) is 17.8 Å². The van der Waals surface area contributed by atoms with E-state index in [4.69, 9.17) is 0 Å². The lowest BCUT2D eigenvalue weighted by molar-refractivity contribution is 0.470. The first-order valence-electron chi connectivity index (χ1n) is 12.1. The highest BCUT2D eigenvalue weighted by molar-refractivity contribution is 5.42. The van der Waals surface area contributed by atoms with Gasteiger partial charge in [0.05, 0.1) is 0 Å². The van der Waals surface area contributed by atoms with Gasteiger partial charge >= 0.3 is 0 Å². The van der Waals surface area contributed by atoms with Crippen molar-refractivity contribution in [3.63, 3.8) is 0 Å². The smallest absolute Gasteiger partial charge is 0.229 e. The van der Waals surface area contributed by atoms with Gasteiger partial charge in [-0.15, -0.1) is 0 Å². The lowest BCUT2D eigenvalue weighted by Gasteiger charge is -2.18. The summed E-state index contributed by atoms with van der Waals surface area (Å²) in [5, 5.41) is 10.3. The number of hydrogen-bond donors (Lipinski definition) is 3. The van der Waals surface area contributed by atoms with Crippen LogP contribution in [0.4, 0.5) is 17.8 Å². The molecule has 0 saturated carbocycles. The summed E-state index contributed by atoms with van der Waals surface area (Å²) in [7, 11) is 0. The normalized spacial score (nSPS) is 13.1. The minimum absolute atomic E-state index is 0.665. The topological polar surface area (TPSA) is 74.8 Å². The molecule has 0 bridgehead atoms. The van der Waals surface area contributed by atoms with Crippen molar-refractivity contribution in [1.82, 2.24) is 15.0 Å². The summed E-state index contributed by atoms with van der Waals surface area (Å²) in [5.41, 5.74) is 0. The van der Waals surface area contributed by atoms with Gasteiger partial charge in [-0.05, 0) is 31.1 Å². The van der Waals surface area contributed by atoms with Gasteiger partial charge in [0, 0.05) is 19.6 Å². The first-order chi connectivity index (χ1) is 14.2. The molecular weight excluding hydrogens is 360 g/mol. The van der Waals surface area contributed by atoms with E-state index in [1.165, 1.54) is 51.4 Å². The molecule has 6 nitrogen and oxygen atoms in total. The van der Waals surface area contributed by atoms with Crippen LogP contribution in [0.15, 0.2) is 0 Å². The molecule has 0 spiro atoms. The van der Waals surface area contributed by atoms with Crippen molar-refractivity contribution in [1.29, 1.82) is 0 Å². The summed E-state index contributed by atoms with van der Waals surface area (Å²) in [6, 6.07) is 0. The van der Waals surface area contributed by atoms with E-state index < -0.39 is 0 Å². The Balaban J connectivity index is 2.77. The lowest BCUT2D eigenvalue weighted by atomic mass is 9.99.